The Balaban J connectivity index is 2.65. The van der Waals surface area contributed by atoms with Crippen molar-refractivity contribution in [2.45, 2.75) is 26.2 Å². The van der Waals surface area contributed by atoms with Crippen LogP contribution >= 0.6 is 0 Å². The number of hydrogen-bond donors (Lipinski definition) is 3. The van der Waals surface area contributed by atoms with Crippen LogP contribution in [-0.4, -0.2) is 21.1 Å². The molecule has 0 aliphatic carbocycles. The summed E-state index contributed by atoms with van der Waals surface area (Å²) in [4.78, 5) is 12.5. The number of aromatic hydroxyl groups is 3. The maximum atomic E-state index is 12.5. The highest BCUT2D eigenvalue weighted by molar-refractivity contribution is 6.11. The Labute approximate surface area is 123 Å². The predicted molar refractivity (Wildman–Crippen MR) is 80.0 cm³/mol. The highest BCUT2D eigenvalue weighted by Gasteiger charge is 2.27. The Morgan fingerprint density at radius 1 is 0.905 bits per heavy atom. The summed E-state index contributed by atoms with van der Waals surface area (Å²) < 4.78 is 0. The van der Waals surface area contributed by atoms with Crippen LogP contribution < -0.4 is 0 Å². The number of phenolic OH excluding ortho intramolecular Hbond substituents is 3. The van der Waals surface area contributed by atoms with E-state index in [9.17, 15) is 20.1 Å². The Morgan fingerprint density at radius 3 is 2.00 bits per heavy atom. The monoisotopic (exact) mass is 286 g/mol. The van der Waals surface area contributed by atoms with Gasteiger partial charge in [0.2, 0.25) is 5.75 Å². The van der Waals surface area contributed by atoms with E-state index in [0.29, 0.717) is 11.1 Å². The van der Waals surface area contributed by atoms with Crippen LogP contribution in [0.15, 0.2) is 36.4 Å². The number of hydrogen-bond acceptors (Lipinski definition) is 4. The molecule has 4 heteroatoms. The number of benzene rings is 2. The zero-order valence-electron chi connectivity index (χ0n) is 12.2. The number of carbonyl (C=O) groups is 1. The second-order valence-corrected chi connectivity index (χ2v) is 5.96. The SMILES string of the molecule is CC(C)(C)c1cc(C(=O)c2ccccc2)c(O)c(O)c1O. The first kappa shape index (κ1) is 14.9. The average Bonchev–Trinajstić information content (AvgIpc) is 2.44. The van der Waals surface area contributed by atoms with Crippen molar-refractivity contribution in [1.29, 1.82) is 0 Å². The van der Waals surface area contributed by atoms with Gasteiger partial charge < -0.3 is 15.3 Å². The van der Waals surface area contributed by atoms with E-state index in [4.69, 9.17) is 0 Å². The fourth-order valence-corrected chi connectivity index (χ4v) is 2.14. The molecule has 0 heterocycles. The van der Waals surface area contributed by atoms with Crippen LogP contribution in [0.25, 0.3) is 0 Å². The fraction of sp³-hybridized carbons (Fsp3) is 0.235. The molecule has 0 saturated carbocycles. The minimum Gasteiger partial charge on any atom is -0.504 e. The summed E-state index contributed by atoms with van der Waals surface area (Å²) in [5.41, 5.74) is 0.289. The van der Waals surface area contributed by atoms with Crippen LogP contribution in [0.1, 0.15) is 42.3 Å². The first-order valence-electron chi connectivity index (χ1n) is 6.61. The molecule has 0 spiro atoms. The van der Waals surface area contributed by atoms with Crippen LogP contribution in [-0.2, 0) is 5.41 Å². The van der Waals surface area contributed by atoms with E-state index in [-0.39, 0.29) is 5.56 Å². The highest BCUT2D eigenvalue weighted by Crippen LogP contribution is 2.45. The number of phenols is 3. The summed E-state index contributed by atoms with van der Waals surface area (Å²) in [6, 6.07) is 9.90. The van der Waals surface area contributed by atoms with Crippen molar-refractivity contribution in [2.75, 3.05) is 0 Å². The molecular formula is C17H18O4. The topological polar surface area (TPSA) is 77.8 Å². The predicted octanol–water partition coefficient (Wildman–Crippen LogP) is 3.33. The van der Waals surface area contributed by atoms with Crippen LogP contribution in [0.2, 0.25) is 0 Å². The van der Waals surface area contributed by atoms with Crippen LogP contribution in [0, 0.1) is 0 Å². The van der Waals surface area contributed by atoms with Crippen molar-refractivity contribution in [1.82, 2.24) is 0 Å². The van der Waals surface area contributed by atoms with E-state index in [2.05, 4.69) is 0 Å². The Hall–Kier alpha value is -2.49. The van der Waals surface area contributed by atoms with Crippen LogP contribution in [0.3, 0.4) is 0 Å². The standard InChI is InChI=1S/C17H18O4/c1-17(2,3)12-9-11(14(19)16(21)15(12)20)13(18)10-7-5-4-6-8-10/h4-9,19-21H,1-3H3. The molecule has 0 atom stereocenters. The largest absolute Gasteiger partial charge is 0.504 e. The third-order valence-corrected chi connectivity index (χ3v) is 3.34. The van der Waals surface area contributed by atoms with Gasteiger partial charge in [0.25, 0.3) is 0 Å². The van der Waals surface area contributed by atoms with E-state index < -0.39 is 28.4 Å². The van der Waals surface area contributed by atoms with Gasteiger partial charge in [0.1, 0.15) is 0 Å². The van der Waals surface area contributed by atoms with E-state index in [1.807, 2.05) is 20.8 Å². The van der Waals surface area contributed by atoms with Gasteiger partial charge in [0, 0.05) is 11.1 Å². The summed E-state index contributed by atoms with van der Waals surface area (Å²) in [5.74, 6) is -2.07. The van der Waals surface area contributed by atoms with Crippen LogP contribution in [0.5, 0.6) is 17.2 Å². The zero-order chi connectivity index (χ0) is 15.8. The summed E-state index contributed by atoms with van der Waals surface area (Å²) in [6.07, 6.45) is 0. The summed E-state index contributed by atoms with van der Waals surface area (Å²) in [7, 11) is 0. The van der Waals surface area contributed by atoms with E-state index in [0.717, 1.165) is 0 Å². The molecule has 0 aliphatic rings. The lowest BCUT2D eigenvalue weighted by molar-refractivity contribution is 0.103. The first-order valence-corrected chi connectivity index (χ1v) is 6.61. The third kappa shape index (κ3) is 2.70. The molecule has 0 aromatic heterocycles. The Bertz CT molecular complexity index is 682. The highest BCUT2D eigenvalue weighted by atomic mass is 16.3. The molecule has 0 aliphatic heterocycles. The van der Waals surface area contributed by atoms with E-state index in [1.165, 1.54) is 6.07 Å². The van der Waals surface area contributed by atoms with Gasteiger partial charge in [-0.15, -0.1) is 0 Å². The van der Waals surface area contributed by atoms with Gasteiger partial charge in [0.05, 0.1) is 5.56 Å². The zero-order valence-corrected chi connectivity index (χ0v) is 12.2. The van der Waals surface area contributed by atoms with Gasteiger partial charge in [-0.05, 0) is 11.5 Å². The second kappa shape index (κ2) is 5.13. The van der Waals surface area contributed by atoms with E-state index >= 15 is 0 Å². The summed E-state index contributed by atoms with van der Waals surface area (Å²) in [6.45, 7) is 5.53. The lowest BCUT2D eigenvalue weighted by Crippen LogP contribution is -2.13. The number of carbonyl (C=O) groups excluding carboxylic acids is 1. The molecule has 21 heavy (non-hydrogen) atoms. The normalized spacial score (nSPS) is 11.4. The molecule has 0 amide bonds. The van der Waals surface area contributed by atoms with Gasteiger partial charge in [-0.25, -0.2) is 0 Å². The lowest BCUT2D eigenvalue weighted by Gasteiger charge is -2.22. The van der Waals surface area contributed by atoms with Gasteiger partial charge in [-0.2, -0.15) is 0 Å². The van der Waals surface area contributed by atoms with Crippen molar-refractivity contribution < 1.29 is 20.1 Å². The summed E-state index contributed by atoms with van der Waals surface area (Å²) in [5, 5.41) is 29.8. The van der Waals surface area contributed by atoms with Crippen molar-refractivity contribution in [3.63, 3.8) is 0 Å². The molecule has 3 N–H and O–H groups in total. The molecular weight excluding hydrogens is 268 g/mol. The molecule has 2 aromatic rings. The Kier molecular flexibility index (Phi) is 3.64. The Morgan fingerprint density at radius 2 is 1.48 bits per heavy atom. The van der Waals surface area contributed by atoms with Gasteiger partial charge in [-0.1, -0.05) is 51.1 Å². The molecule has 110 valence electrons. The second-order valence-electron chi connectivity index (χ2n) is 5.96. The number of rotatable bonds is 2. The molecule has 2 aromatic carbocycles. The molecule has 0 fully saturated rings. The molecule has 2 rings (SSSR count). The molecule has 0 bridgehead atoms. The fourth-order valence-electron chi connectivity index (χ4n) is 2.14. The molecule has 0 radical (unpaired) electrons. The van der Waals surface area contributed by atoms with Gasteiger partial charge in [-0.3, -0.25) is 4.79 Å². The first-order chi connectivity index (χ1) is 9.73. The van der Waals surface area contributed by atoms with Gasteiger partial charge >= 0.3 is 0 Å². The molecule has 4 nitrogen and oxygen atoms in total. The van der Waals surface area contributed by atoms with Crippen LogP contribution in [0.4, 0.5) is 0 Å². The average molecular weight is 286 g/mol. The lowest BCUT2D eigenvalue weighted by atomic mass is 9.84. The maximum Gasteiger partial charge on any atom is 0.201 e. The minimum atomic E-state index is -0.665. The van der Waals surface area contributed by atoms with Crippen molar-refractivity contribution in [3.05, 3.63) is 53.1 Å². The quantitative estimate of drug-likeness (QED) is 0.584. The summed E-state index contributed by atoms with van der Waals surface area (Å²) >= 11 is 0. The maximum absolute atomic E-state index is 12.5. The van der Waals surface area contributed by atoms with Crippen molar-refractivity contribution >= 4 is 5.78 Å². The third-order valence-electron chi connectivity index (χ3n) is 3.34. The number of ketones is 1. The van der Waals surface area contributed by atoms with Gasteiger partial charge in [0.15, 0.2) is 17.3 Å². The van der Waals surface area contributed by atoms with E-state index in [1.54, 1.807) is 30.3 Å². The van der Waals surface area contributed by atoms with Crippen molar-refractivity contribution in [3.8, 4) is 17.2 Å². The molecule has 0 unspecified atom stereocenters. The van der Waals surface area contributed by atoms with Crippen molar-refractivity contribution in [2.24, 2.45) is 0 Å². The smallest absolute Gasteiger partial charge is 0.201 e. The minimum absolute atomic E-state index is 0.0265. The molecule has 0 saturated heterocycles.